The van der Waals surface area contributed by atoms with Crippen LogP contribution in [0.15, 0.2) is 48.2 Å². The minimum absolute atomic E-state index is 0.000300. The number of benzene rings is 2. The third-order valence-electron chi connectivity index (χ3n) is 4.02. The van der Waals surface area contributed by atoms with Crippen molar-refractivity contribution in [1.82, 2.24) is 5.32 Å². The third-order valence-corrected chi connectivity index (χ3v) is 4.02. The number of methoxy groups -OCH3 is 1. The lowest BCUT2D eigenvalue weighted by molar-refractivity contribution is -0.142. The molecule has 0 radical (unpaired) electrons. The van der Waals surface area contributed by atoms with Crippen LogP contribution in [0.3, 0.4) is 0 Å². The molecule has 1 saturated heterocycles. The van der Waals surface area contributed by atoms with Crippen LogP contribution in [-0.4, -0.2) is 31.1 Å². The second kappa shape index (κ2) is 8.53. The molecule has 1 aliphatic rings. The summed E-state index contributed by atoms with van der Waals surface area (Å²) in [5.74, 6) is -1.21. The van der Waals surface area contributed by atoms with Gasteiger partial charge in [0.05, 0.1) is 7.11 Å². The summed E-state index contributed by atoms with van der Waals surface area (Å²) in [5.41, 5.74) is 6.52. The first-order valence-electron chi connectivity index (χ1n) is 8.50. The van der Waals surface area contributed by atoms with Gasteiger partial charge >= 0.3 is 12.1 Å². The van der Waals surface area contributed by atoms with E-state index in [2.05, 4.69) is 4.74 Å². The summed E-state index contributed by atoms with van der Waals surface area (Å²) in [7, 11) is 1.21. The van der Waals surface area contributed by atoms with Gasteiger partial charge in [0, 0.05) is 12.5 Å². The van der Waals surface area contributed by atoms with E-state index in [4.69, 9.17) is 15.2 Å². The highest BCUT2D eigenvalue weighted by Gasteiger charge is 2.25. The highest BCUT2D eigenvalue weighted by atomic mass is 19.1. The summed E-state index contributed by atoms with van der Waals surface area (Å²) < 4.78 is 29.1. The number of amides is 2. The van der Waals surface area contributed by atoms with Crippen molar-refractivity contribution in [3.8, 4) is 11.5 Å². The Hall–Kier alpha value is -3.72. The molecule has 0 spiro atoms. The van der Waals surface area contributed by atoms with Gasteiger partial charge in [-0.2, -0.15) is 0 Å². The Morgan fingerprint density at radius 3 is 2.48 bits per heavy atom. The fourth-order valence-electron chi connectivity index (χ4n) is 2.57. The van der Waals surface area contributed by atoms with Crippen molar-refractivity contribution in [2.45, 2.75) is 12.5 Å². The summed E-state index contributed by atoms with van der Waals surface area (Å²) in [4.78, 5) is 33.8. The number of cyclic esters (lactones) is 1. The maximum absolute atomic E-state index is 14.3. The Morgan fingerprint density at radius 2 is 1.90 bits per heavy atom. The van der Waals surface area contributed by atoms with Gasteiger partial charge in [-0.3, -0.25) is 14.9 Å². The van der Waals surface area contributed by atoms with Gasteiger partial charge in [0.1, 0.15) is 23.4 Å². The molecule has 2 amide bonds. The molecule has 1 atom stereocenters. The van der Waals surface area contributed by atoms with Gasteiger partial charge in [0.25, 0.3) is 5.91 Å². The van der Waals surface area contributed by atoms with E-state index < -0.39 is 29.8 Å². The number of esters is 1. The number of carbonyl (C=O) groups is 3. The molecule has 2 aromatic rings. The summed E-state index contributed by atoms with van der Waals surface area (Å²) in [6, 6.07) is 9.78. The van der Waals surface area contributed by atoms with Crippen molar-refractivity contribution < 1.29 is 33.0 Å². The standard InChI is InChI=1S/C20H17FN2O6/c1-27-19(25)16(22)9-12-4-7-14(10-15(12)21)28-13-5-2-11(3-6-13)8-17-18(24)23-20(26)29-17/h2-8,10,16H,9,22H2,1H3,(H,23,24,26)/b17-8+. The third kappa shape index (κ3) is 4.96. The molecule has 0 aliphatic carbocycles. The van der Waals surface area contributed by atoms with Crippen molar-refractivity contribution in [2.24, 2.45) is 5.73 Å². The molecule has 29 heavy (non-hydrogen) atoms. The quantitative estimate of drug-likeness (QED) is 0.564. The average Bonchev–Trinajstić information content (AvgIpc) is 3.01. The summed E-state index contributed by atoms with van der Waals surface area (Å²) in [6.45, 7) is 0. The minimum atomic E-state index is -0.954. The molecule has 1 aliphatic heterocycles. The van der Waals surface area contributed by atoms with E-state index in [0.29, 0.717) is 11.3 Å². The van der Waals surface area contributed by atoms with Crippen molar-refractivity contribution >= 4 is 24.0 Å². The molecule has 8 nitrogen and oxygen atoms in total. The highest BCUT2D eigenvalue weighted by molar-refractivity contribution is 6.09. The lowest BCUT2D eigenvalue weighted by Gasteiger charge is -2.11. The molecule has 0 bridgehead atoms. The van der Waals surface area contributed by atoms with Crippen molar-refractivity contribution in [1.29, 1.82) is 0 Å². The smallest absolute Gasteiger partial charge is 0.419 e. The number of rotatable bonds is 6. The number of hydrogen-bond acceptors (Lipinski definition) is 7. The fourth-order valence-corrected chi connectivity index (χ4v) is 2.57. The first kappa shape index (κ1) is 20.0. The van der Waals surface area contributed by atoms with Crippen LogP contribution in [0.25, 0.3) is 6.08 Å². The molecule has 1 heterocycles. The molecule has 9 heteroatoms. The summed E-state index contributed by atoms with van der Waals surface area (Å²) >= 11 is 0. The average molecular weight is 400 g/mol. The Balaban J connectivity index is 1.66. The summed E-state index contributed by atoms with van der Waals surface area (Å²) in [6.07, 6.45) is 0.586. The van der Waals surface area contributed by atoms with E-state index in [0.717, 1.165) is 0 Å². The molecule has 1 unspecified atom stereocenters. The normalized spacial score (nSPS) is 15.6. The number of imide groups is 1. The zero-order chi connectivity index (χ0) is 21.0. The van der Waals surface area contributed by atoms with Gasteiger partial charge in [-0.15, -0.1) is 0 Å². The van der Waals surface area contributed by atoms with Crippen molar-refractivity contribution in [3.63, 3.8) is 0 Å². The van der Waals surface area contributed by atoms with Gasteiger partial charge in [-0.1, -0.05) is 18.2 Å². The Morgan fingerprint density at radius 1 is 1.21 bits per heavy atom. The Bertz CT molecular complexity index is 987. The predicted octanol–water partition coefficient (Wildman–Crippen LogP) is 2.27. The second-order valence-corrected chi connectivity index (χ2v) is 6.11. The van der Waals surface area contributed by atoms with E-state index in [-0.39, 0.29) is 23.5 Å². The van der Waals surface area contributed by atoms with E-state index in [9.17, 15) is 18.8 Å². The lowest BCUT2D eigenvalue weighted by Crippen LogP contribution is -2.33. The lowest BCUT2D eigenvalue weighted by atomic mass is 10.1. The van der Waals surface area contributed by atoms with Crippen LogP contribution in [0.2, 0.25) is 0 Å². The van der Waals surface area contributed by atoms with Crippen LogP contribution < -0.4 is 15.8 Å². The number of carbonyl (C=O) groups excluding carboxylic acids is 3. The van der Waals surface area contributed by atoms with E-state index in [1.165, 1.54) is 25.3 Å². The summed E-state index contributed by atoms with van der Waals surface area (Å²) in [5, 5.41) is 2.00. The number of hydrogen-bond donors (Lipinski definition) is 2. The molecule has 150 valence electrons. The number of ether oxygens (including phenoxy) is 3. The topological polar surface area (TPSA) is 117 Å². The zero-order valence-electron chi connectivity index (χ0n) is 15.3. The van der Waals surface area contributed by atoms with Crippen molar-refractivity contribution in [3.05, 3.63) is 65.2 Å². The van der Waals surface area contributed by atoms with Crippen LogP contribution in [0.5, 0.6) is 11.5 Å². The van der Waals surface area contributed by atoms with Gasteiger partial charge in [-0.05, 0) is 35.4 Å². The van der Waals surface area contributed by atoms with Crippen LogP contribution in [0, 0.1) is 5.82 Å². The molecule has 3 rings (SSSR count). The van der Waals surface area contributed by atoms with Gasteiger partial charge in [-0.25, -0.2) is 9.18 Å². The number of halogens is 1. The molecule has 1 fully saturated rings. The van der Waals surface area contributed by atoms with Crippen LogP contribution in [-0.2, 0) is 25.5 Å². The highest BCUT2D eigenvalue weighted by Crippen LogP contribution is 2.25. The molecule has 3 N–H and O–H groups in total. The first-order valence-corrected chi connectivity index (χ1v) is 8.50. The predicted molar refractivity (Wildman–Crippen MR) is 99.2 cm³/mol. The zero-order valence-corrected chi connectivity index (χ0v) is 15.3. The van der Waals surface area contributed by atoms with Crippen LogP contribution >= 0.6 is 0 Å². The number of nitrogens with two attached hydrogens (primary N) is 1. The maximum Gasteiger partial charge on any atom is 0.419 e. The Labute approximate surface area is 165 Å². The maximum atomic E-state index is 14.3. The van der Waals surface area contributed by atoms with Crippen LogP contribution in [0.1, 0.15) is 11.1 Å². The first-order chi connectivity index (χ1) is 13.9. The molecular weight excluding hydrogens is 383 g/mol. The number of nitrogens with one attached hydrogen (secondary N) is 1. The van der Waals surface area contributed by atoms with Crippen LogP contribution in [0.4, 0.5) is 9.18 Å². The number of alkyl carbamates (subject to hydrolysis) is 1. The van der Waals surface area contributed by atoms with E-state index in [1.54, 1.807) is 30.3 Å². The van der Waals surface area contributed by atoms with E-state index >= 15 is 0 Å². The van der Waals surface area contributed by atoms with E-state index in [1.807, 2.05) is 5.32 Å². The molecule has 2 aromatic carbocycles. The van der Waals surface area contributed by atoms with Crippen molar-refractivity contribution in [2.75, 3.05) is 7.11 Å². The Kier molecular flexibility index (Phi) is 5.89. The van der Waals surface area contributed by atoms with Gasteiger partial charge in [0.15, 0.2) is 5.76 Å². The molecule has 0 saturated carbocycles. The SMILES string of the molecule is COC(=O)C(N)Cc1ccc(Oc2ccc(/C=C3/OC(=O)NC3=O)cc2)cc1F. The molecule has 0 aromatic heterocycles. The molecular formula is C20H17FN2O6. The van der Waals surface area contributed by atoms with Gasteiger partial charge in [0.2, 0.25) is 0 Å². The second-order valence-electron chi connectivity index (χ2n) is 6.11. The fraction of sp³-hybridized carbons (Fsp3) is 0.150. The largest absolute Gasteiger partial charge is 0.468 e. The monoisotopic (exact) mass is 400 g/mol. The minimum Gasteiger partial charge on any atom is -0.468 e. The van der Waals surface area contributed by atoms with Gasteiger partial charge < -0.3 is 19.9 Å².